The number of nitrogens with zero attached hydrogens (tertiary/aromatic N) is 1. The number of benzene rings is 2. The number of piperidine rings is 1. The molecule has 27 heavy (non-hydrogen) atoms. The van der Waals surface area contributed by atoms with Crippen molar-refractivity contribution < 1.29 is 13.2 Å². The largest absolute Gasteiger partial charge is 0.326 e. The van der Waals surface area contributed by atoms with Gasteiger partial charge in [-0.2, -0.15) is 0 Å². The van der Waals surface area contributed by atoms with Gasteiger partial charge in [0, 0.05) is 24.7 Å². The highest BCUT2D eigenvalue weighted by molar-refractivity contribution is 7.88. The SMILES string of the molecule is Cc1cc(C)cc(NC(=O)C2CCN(S(=O)(=O)Cc3ccccc3)CC2)c1. The van der Waals surface area contributed by atoms with E-state index in [2.05, 4.69) is 11.4 Å². The van der Waals surface area contributed by atoms with E-state index >= 15 is 0 Å². The van der Waals surface area contributed by atoms with Gasteiger partial charge >= 0.3 is 0 Å². The summed E-state index contributed by atoms with van der Waals surface area (Å²) in [5.41, 5.74) is 3.79. The van der Waals surface area contributed by atoms with Crippen molar-refractivity contribution in [3.8, 4) is 0 Å². The summed E-state index contributed by atoms with van der Waals surface area (Å²) in [4.78, 5) is 12.6. The van der Waals surface area contributed by atoms with E-state index < -0.39 is 10.0 Å². The molecule has 144 valence electrons. The summed E-state index contributed by atoms with van der Waals surface area (Å²) < 4.78 is 26.8. The Morgan fingerprint density at radius 3 is 2.22 bits per heavy atom. The van der Waals surface area contributed by atoms with E-state index in [1.54, 1.807) is 0 Å². The van der Waals surface area contributed by atoms with Gasteiger partial charge in [-0.3, -0.25) is 4.79 Å². The number of aryl methyl sites for hydroxylation is 2. The lowest BCUT2D eigenvalue weighted by Crippen LogP contribution is -2.41. The molecule has 0 atom stereocenters. The van der Waals surface area contributed by atoms with Crippen molar-refractivity contribution in [2.24, 2.45) is 5.92 Å². The third kappa shape index (κ3) is 5.17. The van der Waals surface area contributed by atoms with Crippen LogP contribution in [0.1, 0.15) is 29.5 Å². The molecule has 0 aromatic heterocycles. The molecule has 3 rings (SSSR count). The first kappa shape index (κ1) is 19.6. The lowest BCUT2D eigenvalue weighted by Gasteiger charge is -2.30. The Labute approximate surface area is 161 Å². The Morgan fingerprint density at radius 2 is 1.63 bits per heavy atom. The standard InChI is InChI=1S/C21H26N2O3S/c1-16-12-17(2)14-20(13-16)22-21(24)19-8-10-23(11-9-19)27(25,26)15-18-6-4-3-5-7-18/h3-7,12-14,19H,8-11,15H2,1-2H3,(H,22,24). The molecule has 1 saturated heterocycles. The Balaban J connectivity index is 1.57. The fourth-order valence-electron chi connectivity index (χ4n) is 3.56. The number of rotatable bonds is 5. The molecule has 0 unspecified atom stereocenters. The molecule has 0 radical (unpaired) electrons. The molecule has 5 nitrogen and oxygen atoms in total. The number of nitrogens with one attached hydrogen (secondary N) is 1. The van der Waals surface area contributed by atoms with E-state index in [9.17, 15) is 13.2 Å². The molecule has 1 fully saturated rings. The molecule has 2 aromatic rings. The summed E-state index contributed by atoms with van der Waals surface area (Å²) in [5.74, 6) is -0.179. The van der Waals surface area contributed by atoms with Crippen molar-refractivity contribution in [3.63, 3.8) is 0 Å². The maximum absolute atomic E-state index is 12.6. The maximum atomic E-state index is 12.6. The number of carbonyl (C=O) groups excluding carboxylic acids is 1. The van der Waals surface area contributed by atoms with Crippen LogP contribution in [0.25, 0.3) is 0 Å². The molecule has 0 aliphatic carbocycles. The molecule has 0 bridgehead atoms. The number of hydrogen-bond donors (Lipinski definition) is 1. The number of amides is 1. The predicted octanol–water partition coefficient (Wildman–Crippen LogP) is 3.48. The van der Waals surface area contributed by atoms with E-state index in [1.165, 1.54) is 4.31 Å². The first-order valence-electron chi connectivity index (χ1n) is 9.24. The van der Waals surface area contributed by atoms with Crippen LogP contribution < -0.4 is 5.32 Å². The first-order chi connectivity index (χ1) is 12.8. The minimum Gasteiger partial charge on any atom is -0.326 e. The predicted molar refractivity (Wildman–Crippen MR) is 108 cm³/mol. The molecular formula is C21H26N2O3S. The van der Waals surface area contributed by atoms with Gasteiger partial charge < -0.3 is 5.32 Å². The van der Waals surface area contributed by atoms with E-state index in [0.717, 1.165) is 22.4 Å². The number of hydrogen-bond acceptors (Lipinski definition) is 3. The van der Waals surface area contributed by atoms with Crippen LogP contribution in [0, 0.1) is 19.8 Å². The van der Waals surface area contributed by atoms with E-state index in [4.69, 9.17) is 0 Å². The first-order valence-corrected chi connectivity index (χ1v) is 10.9. The highest BCUT2D eigenvalue weighted by Crippen LogP contribution is 2.23. The molecule has 1 N–H and O–H groups in total. The van der Waals surface area contributed by atoms with Crippen LogP contribution in [0.2, 0.25) is 0 Å². The molecule has 1 heterocycles. The van der Waals surface area contributed by atoms with Gasteiger partial charge in [0.2, 0.25) is 15.9 Å². The molecule has 1 aliphatic heterocycles. The smallest absolute Gasteiger partial charge is 0.227 e. The summed E-state index contributed by atoms with van der Waals surface area (Å²) in [6.45, 7) is 4.78. The molecule has 1 aliphatic rings. The summed E-state index contributed by atoms with van der Waals surface area (Å²) >= 11 is 0. The summed E-state index contributed by atoms with van der Waals surface area (Å²) in [6.07, 6.45) is 1.09. The molecule has 0 saturated carbocycles. The van der Waals surface area contributed by atoms with Gasteiger partial charge in [-0.25, -0.2) is 12.7 Å². The second-order valence-corrected chi connectivity index (χ2v) is 9.25. The van der Waals surface area contributed by atoms with Gasteiger partial charge in [0.05, 0.1) is 5.75 Å². The van der Waals surface area contributed by atoms with Gasteiger partial charge in [0.1, 0.15) is 0 Å². The van der Waals surface area contributed by atoms with Gasteiger partial charge in [-0.1, -0.05) is 36.4 Å². The minimum absolute atomic E-state index is 0.00721. The topological polar surface area (TPSA) is 66.5 Å². The number of carbonyl (C=O) groups is 1. The average molecular weight is 387 g/mol. The Morgan fingerprint density at radius 1 is 1.04 bits per heavy atom. The average Bonchev–Trinajstić information content (AvgIpc) is 2.61. The van der Waals surface area contributed by atoms with E-state index in [-0.39, 0.29) is 17.6 Å². The zero-order valence-electron chi connectivity index (χ0n) is 15.8. The zero-order chi connectivity index (χ0) is 19.4. The van der Waals surface area contributed by atoms with Gasteiger partial charge in [0.15, 0.2) is 0 Å². The number of sulfonamides is 1. The normalized spacial score (nSPS) is 16.2. The highest BCUT2D eigenvalue weighted by Gasteiger charge is 2.31. The van der Waals surface area contributed by atoms with Crippen LogP contribution in [0.15, 0.2) is 48.5 Å². The molecular weight excluding hydrogens is 360 g/mol. The maximum Gasteiger partial charge on any atom is 0.227 e. The van der Waals surface area contributed by atoms with E-state index in [1.807, 2.05) is 56.3 Å². The minimum atomic E-state index is -3.35. The second kappa shape index (κ2) is 8.23. The lowest BCUT2D eigenvalue weighted by atomic mass is 9.97. The lowest BCUT2D eigenvalue weighted by molar-refractivity contribution is -0.120. The zero-order valence-corrected chi connectivity index (χ0v) is 16.6. The molecule has 2 aromatic carbocycles. The monoisotopic (exact) mass is 386 g/mol. The van der Waals surface area contributed by atoms with Crippen molar-refractivity contribution in [2.45, 2.75) is 32.4 Å². The third-order valence-electron chi connectivity index (χ3n) is 4.90. The Hall–Kier alpha value is -2.18. The van der Waals surface area contributed by atoms with Crippen LogP contribution in [-0.4, -0.2) is 31.7 Å². The highest BCUT2D eigenvalue weighted by atomic mass is 32.2. The van der Waals surface area contributed by atoms with Crippen molar-refractivity contribution >= 4 is 21.6 Å². The summed E-state index contributed by atoms with van der Waals surface area (Å²) in [6, 6.07) is 15.2. The van der Waals surface area contributed by atoms with Crippen molar-refractivity contribution in [3.05, 3.63) is 65.2 Å². The van der Waals surface area contributed by atoms with Crippen LogP contribution >= 0.6 is 0 Å². The Bertz CT molecular complexity index is 882. The van der Waals surface area contributed by atoms with Crippen LogP contribution in [-0.2, 0) is 20.6 Å². The Kier molecular flexibility index (Phi) is 5.97. The van der Waals surface area contributed by atoms with Crippen LogP contribution in [0.4, 0.5) is 5.69 Å². The van der Waals surface area contributed by atoms with Gasteiger partial charge in [0.25, 0.3) is 0 Å². The molecule has 0 spiro atoms. The van der Waals surface area contributed by atoms with Crippen LogP contribution in [0.3, 0.4) is 0 Å². The van der Waals surface area contributed by atoms with Crippen molar-refractivity contribution in [2.75, 3.05) is 18.4 Å². The van der Waals surface area contributed by atoms with Gasteiger partial charge in [-0.05, 0) is 55.5 Å². The van der Waals surface area contributed by atoms with Gasteiger partial charge in [-0.15, -0.1) is 0 Å². The fraction of sp³-hybridized carbons (Fsp3) is 0.381. The molecule has 1 amide bonds. The van der Waals surface area contributed by atoms with E-state index in [0.29, 0.717) is 25.9 Å². The summed E-state index contributed by atoms with van der Waals surface area (Å²) in [5, 5.41) is 2.98. The second-order valence-electron chi connectivity index (χ2n) is 7.28. The fourth-order valence-corrected chi connectivity index (χ4v) is 5.13. The quantitative estimate of drug-likeness (QED) is 0.855. The van der Waals surface area contributed by atoms with Crippen molar-refractivity contribution in [1.82, 2.24) is 4.31 Å². The summed E-state index contributed by atoms with van der Waals surface area (Å²) in [7, 11) is -3.35. The van der Waals surface area contributed by atoms with Crippen LogP contribution in [0.5, 0.6) is 0 Å². The third-order valence-corrected chi connectivity index (χ3v) is 6.75. The van der Waals surface area contributed by atoms with Crippen molar-refractivity contribution in [1.29, 1.82) is 0 Å². The molecule has 6 heteroatoms. The number of anilines is 1.